The Morgan fingerprint density at radius 2 is 1.58 bits per heavy atom. The highest BCUT2D eigenvalue weighted by Crippen LogP contribution is 2.32. The van der Waals surface area contributed by atoms with Crippen molar-refractivity contribution in [1.82, 2.24) is 5.32 Å². The molecule has 0 fully saturated rings. The molecule has 0 aliphatic rings. The van der Waals surface area contributed by atoms with Gasteiger partial charge < -0.3 is 25.0 Å². The molecule has 2 rings (SSSR count). The van der Waals surface area contributed by atoms with Crippen LogP contribution in [0, 0.1) is 0 Å². The number of urea groups is 1. The standard InChI is InChI=1S/C20H27N3O3/c1-20(2,14-7-12-17(25-5)18(13-14)26-6)22-19(24)21-15-8-10-16(11-9-15)23(3)4/h7-13H,1-6H3,(H2,21,22,24). The molecule has 0 unspecified atom stereocenters. The van der Waals surface area contributed by atoms with E-state index in [1.807, 2.05) is 75.3 Å². The van der Waals surface area contributed by atoms with Crippen LogP contribution in [0.3, 0.4) is 0 Å². The first kappa shape index (κ1) is 19.4. The third-order valence-electron chi connectivity index (χ3n) is 4.17. The van der Waals surface area contributed by atoms with E-state index in [0.29, 0.717) is 11.5 Å². The number of carbonyl (C=O) groups is 1. The second-order valence-electron chi connectivity index (χ2n) is 6.72. The molecular weight excluding hydrogens is 330 g/mol. The minimum atomic E-state index is -0.590. The molecule has 26 heavy (non-hydrogen) atoms. The number of carbonyl (C=O) groups excluding carboxylic acids is 1. The average Bonchev–Trinajstić information content (AvgIpc) is 2.60. The number of hydrogen-bond acceptors (Lipinski definition) is 4. The van der Waals surface area contributed by atoms with Crippen molar-refractivity contribution in [2.45, 2.75) is 19.4 Å². The minimum Gasteiger partial charge on any atom is -0.493 e. The molecule has 0 heterocycles. The fourth-order valence-corrected chi connectivity index (χ4v) is 2.59. The highest BCUT2D eigenvalue weighted by Gasteiger charge is 2.24. The van der Waals surface area contributed by atoms with Crippen molar-refractivity contribution in [2.24, 2.45) is 0 Å². The second kappa shape index (κ2) is 7.99. The molecular formula is C20H27N3O3. The number of nitrogens with zero attached hydrogens (tertiary/aromatic N) is 1. The number of nitrogens with one attached hydrogen (secondary N) is 2. The summed E-state index contributed by atoms with van der Waals surface area (Å²) in [5.74, 6) is 1.28. The number of rotatable bonds is 6. The zero-order valence-corrected chi connectivity index (χ0v) is 16.2. The zero-order valence-electron chi connectivity index (χ0n) is 16.2. The van der Waals surface area contributed by atoms with Crippen molar-refractivity contribution in [3.63, 3.8) is 0 Å². The minimum absolute atomic E-state index is 0.276. The Morgan fingerprint density at radius 1 is 0.962 bits per heavy atom. The number of benzene rings is 2. The molecule has 2 amide bonds. The van der Waals surface area contributed by atoms with Crippen molar-refractivity contribution < 1.29 is 14.3 Å². The number of anilines is 2. The Hall–Kier alpha value is -2.89. The molecule has 0 aliphatic heterocycles. The van der Waals surface area contributed by atoms with Crippen LogP contribution in [-0.4, -0.2) is 34.3 Å². The fourth-order valence-electron chi connectivity index (χ4n) is 2.59. The summed E-state index contributed by atoms with van der Waals surface area (Å²) in [6, 6.07) is 13.0. The topological polar surface area (TPSA) is 62.8 Å². The molecule has 2 aromatic rings. The molecule has 6 heteroatoms. The van der Waals surface area contributed by atoms with Gasteiger partial charge in [0, 0.05) is 25.5 Å². The average molecular weight is 357 g/mol. The molecule has 0 aliphatic carbocycles. The summed E-state index contributed by atoms with van der Waals surface area (Å²) in [4.78, 5) is 14.4. The number of hydrogen-bond donors (Lipinski definition) is 2. The maximum atomic E-state index is 12.4. The third-order valence-corrected chi connectivity index (χ3v) is 4.17. The van der Waals surface area contributed by atoms with Crippen LogP contribution in [0.15, 0.2) is 42.5 Å². The summed E-state index contributed by atoms with van der Waals surface area (Å²) in [6.45, 7) is 3.87. The van der Waals surface area contributed by atoms with E-state index < -0.39 is 5.54 Å². The molecule has 0 radical (unpaired) electrons. The van der Waals surface area contributed by atoms with Crippen LogP contribution in [0.1, 0.15) is 19.4 Å². The van der Waals surface area contributed by atoms with E-state index in [-0.39, 0.29) is 6.03 Å². The second-order valence-corrected chi connectivity index (χ2v) is 6.72. The van der Waals surface area contributed by atoms with Crippen molar-refractivity contribution >= 4 is 17.4 Å². The Morgan fingerprint density at radius 3 is 2.12 bits per heavy atom. The summed E-state index contributed by atoms with van der Waals surface area (Å²) < 4.78 is 10.6. The SMILES string of the molecule is COc1ccc(C(C)(C)NC(=O)Nc2ccc(N(C)C)cc2)cc1OC. The highest BCUT2D eigenvalue weighted by molar-refractivity contribution is 5.90. The van der Waals surface area contributed by atoms with Crippen molar-refractivity contribution in [3.8, 4) is 11.5 Å². The third kappa shape index (κ3) is 4.59. The number of ether oxygens (including phenoxy) is 2. The lowest BCUT2D eigenvalue weighted by molar-refractivity contribution is 0.241. The maximum Gasteiger partial charge on any atom is 0.319 e. The summed E-state index contributed by atoms with van der Waals surface area (Å²) in [5, 5.41) is 5.85. The molecule has 0 saturated carbocycles. The van der Waals surface area contributed by atoms with E-state index in [9.17, 15) is 4.79 Å². The molecule has 2 N–H and O–H groups in total. The van der Waals surface area contributed by atoms with Crippen LogP contribution in [-0.2, 0) is 5.54 Å². The van der Waals surface area contributed by atoms with Crippen LogP contribution in [0.5, 0.6) is 11.5 Å². The molecule has 0 saturated heterocycles. The molecule has 6 nitrogen and oxygen atoms in total. The molecule has 140 valence electrons. The van der Waals surface area contributed by atoms with E-state index in [4.69, 9.17) is 9.47 Å². The van der Waals surface area contributed by atoms with E-state index in [0.717, 1.165) is 16.9 Å². The van der Waals surface area contributed by atoms with E-state index in [2.05, 4.69) is 10.6 Å². The van der Waals surface area contributed by atoms with Gasteiger partial charge in [-0.1, -0.05) is 6.07 Å². The molecule has 0 spiro atoms. The Labute approximate surface area is 155 Å². The lowest BCUT2D eigenvalue weighted by Crippen LogP contribution is -2.43. The lowest BCUT2D eigenvalue weighted by Gasteiger charge is -2.27. The van der Waals surface area contributed by atoms with Gasteiger partial charge in [-0.25, -0.2) is 4.79 Å². The predicted molar refractivity (Wildman–Crippen MR) is 105 cm³/mol. The van der Waals surface area contributed by atoms with Crippen molar-refractivity contribution in [3.05, 3.63) is 48.0 Å². The van der Waals surface area contributed by atoms with Crippen LogP contribution < -0.4 is 25.0 Å². The monoisotopic (exact) mass is 357 g/mol. The number of amides is 2. The van der Waals surface area contributed by atoms with Crippen LogP contribution in [0.2, 0.25) is 0 Å². The van der Waals surface area contributed by atoms with E-state index in [1.54, 1.807) is 14.2 Å². The smallest absolute Gasteiger partial charge is 0.319 e. The normalized spacial score (nSPS) is 10.8. The maximum absolute atomic E-state index is 12.4. The predicted octanol–water partition coefficient (Wildman–Crippen LogP) is 3.83. The van der Waals surface area contributed by atoms with Gasteiger partial charge in [0.05, 0.1) is 19.8 Å². The van der Waals surface area contributed by atoms with Gasteiger partial charge in [0.25, 0.3) is 0 Å². The fraction of sp³-hybridized carbons (Fsp3) is 0.350. The Bertz CT molecular complexity index is 755. The largest absolute Gasteiger partial charge is 0.493 e. The first-order chi connectivity index (χ1) is 12.3. The molecule has 0 aromatic heterocycles. The first-order valence-corrected chi connectivity index (χ1v) is 8.36. The van der Waals surface area contributed by atoms with Gasteiger partial charge in [0.1, 0.15) is 0 Å². The van der Waals surface area contributed by atoms with Crippen LogP contribution in [0.25, 0.3) is 0 Å². The van der Waals surface area contributed by atoms with Gasteiger partial charge in [0.15, 0.2) is 11.5 Å². The van der Waals surface area contributed by atoms with Gasteiger partial charge >= 0.3 is 6.03 Å². The molecule has 2 aromatic carbocycles. The van der Waals surface area contributed by atoms with Crippen molar-refractivity contribution in [2.75, 3.05) is 38.5 Å². The van der Waals surface area contributed by atoms with E-state index >= 15 is 0 Å². The Kier molecular flexibility index (Phi) is 5.97. The summed E-state index contributed by atoms with van der Waals surface area (Å²) in [7, 11) is 7.13. The van der Waals surface area contributed by atoms with E-state index in [1.165, 1.54) is 0 Å². The zero-order chi connectivity index (χ0) is 19.3. The van der Waals surface area contributed by atoms with Gasteiger partial charge in [-0.05, 0) is 55.8 Å². The number of methoxy groups -OCH3 is 2. The summed E-state index contributed by atoms with van der Waals surface area (Å²) >= 11 is 0. The Balaban J connectivity index is 2.09. The first-order valence-electron chi connectivity index (χ1n) is 8.36. The van der Waals surface area contributed by atoms with Gasteiger partial charge in [-0.2, -0.15) is 0 Å². The van der Waals surface area contributed by atoms with Gasteiger partial charge in [-0.15, -0.1) is 0 Å². The quantitative estimate of drug-likeness (QED) is 0.825. The van der Waals surface area contributed by atoms with Crippen LogP contribution >= 0.6 is 0 Å². The van der Waals surface area contributed by atoms with Gasteiger partial charge in [-0.3, -0.25) is 0 Å². The lowest BCUT2D eigenvalue weighted by atomic mass is 9.94. The molecule has 0 bridgehead atoms. The highest BCUT2D eigenvalue weighted by atomic mass is 16.5. The molecule has 0 atom stereocenters. The van der Waals surface area contributed by atoms with Gasteiger partial charge in [0.2, 0.25) is 0 Å². The van der Waals surface area contributed by atoms with Crippen molar-refractivity contribution in [1.29, 1.82) is 0 Å². The summed E-state index contributed by atoms with van der Waals surface area (Å²) in [6.07, 6.45) is 0. The summed E-state index contributed by atoms with van der Waals surface area (Å²) in [5.41, 5.74) is 2.12. The van der Waals surface area contributed by atoms with Crippen LogP contribution in [0.4, 0.5) is 16.2 Å².